The monoisotopic (exact) mass is 271 g/mol. The fraction of sp³-hybridized carbons (Fsp3) is 0.833. The van der Waals surface area contributed by atoms with Gasteiger partial charge >= 0.3 is 0 Å². The van der Waals surface area contributed by atoms with Gasteiger partial charge in [0.2, 0.25) is 11.8 Å². The van der Waals surface area contributed by atoms with Crippen LogP contribution in [0.5, 0.6) is 0 Å². The molecule has 2 aliphatic heterocycles. The van der Waals surface area contributed by atoms with E-state index in [0.29, 0.717) is 0 Å². The van der Waals surface area contributed by atoms with E-state index in [-0.39, 0.29) is 31.6 Å². The van der Waals surface area contributed by atoms with Crippen LogP contribution in [0.3, 0.4) is 0 Å². The molecule has 0 aliphatic carbocycles. The van der Waals surface area contributed by atoms with Crippen molar-refractivity contribution in [3.63, 3.8) is 0 Å². The van der Waals surface area contributed by atoms with E-state index in [1.807, 2.05) is 0 Å². The zero-order valence-electron chi connectivity index (χ0n) is 10.9. The Morgan fingerprint density at radius 3 is 2.68 bits per heavy atom. The summed E-state index contributed by atoms with van der Waals surface area (Å²) >= 11 is 0. The van der Waals surface area contributed by atoms with Crippen LogP contribution in [-0.4, -0.2) is 66.3 Å². The van der Waals surface area contributed by atoms with Gasteiger partial charge in [0.25, 0.3) is 0 Å². The Bertz CT molecular complexity index is 344. The van der Waals surface area contributed by atoms with Crippen LogP contribution in [0.1, 0.15) is 19.3 Å². The molecule has 2 amide bonds. The molecule has 0 aromatic carbocycles. The van der Waals surface area contributed by atoms with Crippen LogP contribution in [0.15, 0.2) is 0 Å². The summed E-state index contributed by atoms with van der Waals surface area (Å²) in [6.45, 7) is 1.89. The van der Waals surface area contributed by atoms with Crippen molar-refractivity contribution in [2.24, 2.45) is 5.73 Å². The van der Waals surface area contributed by atoms with Gasteiger partial charge in [-0.05, 0) is 25.9 Å². The van der Waals surface area contributed by atoms with Crippen molar-refractivity contribution in [3.05, 3.63) is 0 Å². The maximum atomic E-state index is 12.0. The lowest BCUT2D eigenvalue weighted by molar-refractivity contribution is -0.143. The molecule has 0 spiro atoms. The fourth-order valence-electron chi connectivity index (χ4n) is 2.59. The van der Waals surface area contributed by atoms with Crippen molar-refractivity contribution in [1.82, 2.24) is 10.2 Å². The minimum absolute atomic E-state index is 0.0544. The average molecular weight is 271 g/mol. The van der Waals surface area contributed by atoms with Crippen molar-refractivity contribution >= 4 is 11.8 Å². The van der Waals surface area contributed by atoms with E-state index in [2.05, 4.69) is 5.32 Å². The quantitative estimate of drug-likeness (QED) is 0.559. The minimum Gasteiger partial charge on any atom is -0.391 e. The van der Waals surface area contributed by atoms with Gasteiger partial charge < -0.3 is 25.8 Å². The summed E-state index contributed by atoms with van der Waals surface area (Å²) < 4.78 is 5.56. The summed E-state index contributed by atoms with van der Waals surface area (Å²) in [5.41, 5.74) is 5.23. The number of aliphatic hydroxyl groups excluding tert-OH is 1. The number of piperidine rings is 1. The van der Waals surface area contributed by atoms with Crippen molar-refractivity contribution < 1.29 is 19.4 Å². The number of hydrogen-bond acceptors (Lipinski definition) is 5. The van der Waals surface area contributed by atoms with Crippen molar-refractivity contribution in [1.29, 1.82) is 0 Å². The van der Waals surface area contributed by atoms with Gasteiger partial charge in [-0.25, -0.2) is 0 Å². The molecule has 0 saturated carbocycles. The largest absolute Gasteiger partial charge is 0.391 e. The number of carbonyl (C=O) groups excluding carboxylic acids is 2. The number of carbonyl (C=O) groups is 2. The average Bonchev–Trinajstić information content (AvgIpc) is 2.79. The molecule has 2 aliphatic rings. The molecule has 0 aromatic rings. The Morgan fingerprint density at radius 2 is 2.05 bits per heavy atom. The van der Waals surface area contributed by atoms with Crippen molar-refractivity contribution in [3.8, 4) is 0 Å². The fourth-order valence-corrected chi connectivity index (χ4v) is 2.59. The molecule has 2 rings (SSSR count). The lowest BCUT2D eigenvalue weighted by Gasteiger charge is -2.25. The lowest BCUT2D eigenvalue weighted by atomic mass is 10.1. The first-order chi connectivity index (χ1) is 9.08. The Morgan fingerprint density at radius 1 is 1.37 bits per heavy atom. The highest BCUT2D eigenvalue weighted by atomic mass is 16.5. The van der Waals surface area contributed by atoms with E-state index >= 15 is 0 Å². The number of rotatable bonds is 4. The van der Waals surface area contributed by atoms with E-state index in [1.165, 1.54) is 4.90 Å². The standard InChI is InChI=1S/C12H21N3O4/c13-12(18)10-5-8(16)6-15(10)11(17)7-19-9-1-3-14-4-2-9/h8-10,14,16H,1-7H2,(H2,13,18). The van der Waals surface area contributed by atoms with Crippen LogP contribution < -0.4 is 11.1 Å². The molecule has 7 nitrogen and oxygen atoms in total. The summed E-state index contributed by atoms with van der Waals surface area (Å²) in [5.74, 6) is -0.856. The van der Waals surface area contributed by atoms with E-state index in [0.717, 1.165) is 25.9 Å². The van der Waals surface area contributed by atoms with Crippen LogP contribution in [-0.2, 0) is 14.3 Å². The number of hydrogen-bond donors (Lipinski definition) is 3. The second-order valence-corrected chi connectivity index (χ2v) is 5.11. The molecule has 4 N–H and O–H groups in total. The maximum Gasteiger partial charge on any atom is 0.249 e. The van der Waals surface area contributed by atoms with Gasteiger partial charge in [0.1, 0.15) is 12.6 Å². The number of ether oxygens (including phenoxy) is 1. The Hall–Kier alpha value is -1.18. The molecule has 2 atom stereocenters. The van der Waals surface area contributed by atoms with Crippen LogP contribution >= 0.6 is 0 Å². The molecule has 7 heteroatoms. The number of β-amino-alcohol motifs (C(OH)–C–C–N with tert-alkyl or cyclic N) is 1. The highest BCUT2D eigenvalue weighted by Crippen LogP contribution is 2.18. The second-order valence-electron chi connectivity index (χ2n) is 5.11. The van der Waals surface area contributed by atoms with Crippen LogP contribution in [0.4, 0.5) is 0 Å². The number of likely N-dealkylation sites (tertiary alicyclic amines) is 1. The zero-order valence-corrected chi connectivity index (χ0v) is 10.9. The molecule has 0 aromatic heterocycles. The van der Waals surface area contributed by atoms with Gasteiger partial charge in [-0.15, -0.1) is 0 Å². The van der Waals surface area contributed by atoms with Gasteiger partial charge in [0.15, 0.2) is 0 Å². The number of primary amides is 1. The Balaban J connectivity index is 1.82. The zero-order chi connectivity index (χ0) is 13.8. The number of amides is 2. The number of nitrogens with two attached hydrogens (primary N) is 1. The molecule has 0 bridgehead atoms. The summed E-state index contributed by atoms with van der Waals surface area (Å²) in [5, 5.41) is 12.7. The summed E-state index contributed by atoms with van der Waals surface area (Å²) in [6, 6.07) is -0.709. The van der Waals surface area contributed by atoms with Crippen LogP contribution in [0.25, 0.3) is 0 Å². The predicted octanol–water partition coefficient (Wildman–Crippen LogP) is -1.80. The van der Waals surface area contributed by atoms with Gasteiger partial charge in [-0.2, -0.15) is 0 Å². The lowest BCUT2D eigenvalue weighted by Crippen LogP contribution is -2.46. The number of nitrogens with one attached hydrogen (secondary N) is 1. The first-order valence-corrected chi connectivity index (χ1v) is 6.67. The highest BCUT2D eigenvalue weighted by molar-refractivity contribution is 5.87. The SMILES string of the molecule is NC(=O)C1CC(O)CN1C(=O)COC1CCNCC1. The third-order valence-electron chi connectivity index (χ3n) is 3.66. The molecule has 108 valence electrons. The summed E-state index contributed by atoms with van der Waals surface area (Å²) in [6.07, 6.45) is 1.39. The van der Waals surface area contributed by atoms with Crippen molar-refractivity contribution in [2.75, 3.05) is 26.2 Å². The first-order valence-electron chi connectivity index (χ1n) is 6.67. The van der Waals surface area contributed by atoms with Gasteiger partial charge in [-0.1, -0.05) is 0 Å². The molecule has 2 saturated heterocycles. The smallest absolute Gasteiger partial charge is 0.249 e. The molecule has 0 radical (unpaired) electrons. The Labute approximate surface area is 112 Å². The molecule has 2 fully saturated rings. The van der Waals surface area contributed by atoms with Crippen LogP contribution in [0.2, 0.25) is 0 Å². The topological polar surface area (TPSA) is 105 Å². The molecule has 19 heavy (non-hydrogen) atoms. The second kappa shape index (κ2) is 6.31. The van der Waals surface area contributed by atoms with Gasteiger partial charge in [0, 0.05) is 13.0 Å². The van der Waals surface area contributed by atoms with E-state index in [4.69, 9.17) is 10.5 Å². The van der Waals surface area contributed by atoms with Gasteiger partial charge in [0.05, 0.1) is 12.2 Å². The highest BCUT2D eigenvalue weighted by Gasteiger charge is 2.37. The normalized spacial score (nSPS) is 28.6. The third-order valence-corrected chi connectivity index (χ3v) is 3.66. The maximum absolute atomic E-state index is 12.0. The number of aliphatic hydroxyl groups is 1. The summed E-state index contributed by atoms with van der Waals surface area (Å²) in [4.78, 5) is 24.6. The van der Waals surface area contributed by atoms with Gasteiger partial charge in [-0.3, -0.25) is 9.59 Å². The molecule has 2 heterocycles. The predicted molar refractivity (Wildman–Crippen MR) is 67.2 cm³/mol. The first kappa shape index (κ1) is 14.2. The van der Waals surface area contributed by atoms with Crippen molar-refractivity contribution in [2.45, 2.75) is 37.5 Å². The molecule has 2 unspecified atom stereocenters. The van der Waals surface area contributed by atoms with E-state index in [9.17, 15) is 14.7 Å². The molecular weight excluding hydrogens is 250 g/mol. The summed E-state index contributed by atoms with van der Waals surface area (Å²) in [7, 11) is 0. The third kappa shape index (κ3) is 3.65. The van der Waals surface area contributed by atoms with Crippen LogP contribution in [0, 0.1) is 0 Å². The Kier molecular flexibility index (Phi) is 4.73. The molecular formula is C12H21N3O4. The number of nitrogens with zero attached hydrogens (tertiary/aromatic N) is 1. The minimum atomic E-state index is -0.709. The van der Waals surface area contributed by atoms with E-state index < -0.39 is 18.1 Å². The van der Waals surface area contributed by atoms with E-state index in [1.54, 1.807) is 0 Å².